The minimum absolute atomic E-state index is 0.286. The Labute approximate surface area is 117 Å². The van der Waals surface area contributed by atoms with Gasteiger partial charge in [0.2, 0.25) is 0 Å². The van der Waals surface area contributed by atoms with E-state index in [0.29, 0.717) is 5.56 Å². The van der Waals surface area contributed by atoms with E-state index in [2.05, 4.69) is 27.9 Å². The van der Waals surface area contributed by atoms with Crippen LogP contribution in [0.2, 0.25) is 0 Å². The average molecular weight is 361 g/mol. The van der Waals surface area contributed by atoms with Crippen LogP contribution in [-0.4, -0.2) is 5.11 Å². The van der Waals surface area contributed by atoms with Crippen LogP contribution >= 0.6 is 22.6 Å². The van der Waals surface area contributed by atoms with Crippen LogP contribution < -0.4 is 5.32 Å². The molecule has 18 heavy (non-hydrogen) atoms. The Balaban J connectivity index is 2.14. The normalized spacial score (nSPS) is 10.4. The van der Waals surface area contributed by atoms with Crippen molar-refractivity contribution in [1.29, 1.82) is 0 Å². The van der Waals surface area contributed by atoms with Crippen LogP contribution in [-0.2, 0) is 6.54 Å². The number of phenolic OH excluding ortho intramolecular Hbond substituents is 1. The largest absolute Gasteiger partial charge is 0.503 e. The van der Waals surface area contributed by atoms with E-state index in [4.69, 9.17) is 5.11 Å². The maximum absolute atomic E-state index is 13.1. The van der Waals surface area contributed by atoms with Gasteiger partial charge in [-0.25, -0.2) is 8.78 Å². The highest BCUT2D eigenvalue weighted by Gasteiger charge is 2.09. The first-order chi connectivity index (χ1) is 8.58. The molecule has 0 bridgehead atoms. The Hall–Kier alpha value is -1.37. The molecule has 2 aromatic carbocycles. The fourth-order valence-corrected chi connectivity index (χ4v) is 2.10. The van der Waals surface area contributed by atoms with E-state index in [0.717, 1.165) is 21.4 Å². The number of halogens is 3. The van der Waals surface area contributed by atoms with Crippen molar-refractivity contribution in [2.45, 2.75) is 6.54 Å². The number of rotatable bonds is 3. The van der Waals surface area contributed by atoms with Crippen LogP contribution in [0, 0.1) is 15.2 Å². The molecule has 94 valence electrons. The van der Waals surface area contributed by atoms with Crippen molar-refractivity contribution in [3.63, 3.8) is 0 Å². The number of hydrogen-bond acceptors (Lipinski definition) is 2. The number of para-hydroxylation sites is 1. The van der Waals surface area contributed by atoms with E-state index in [1.54, 1.807) is 0 Å². The first-order valence-corrected chi connectivity index (χ1v) is 6.31. The zero-order valence-electron chi connectivity index (χ0n) is 9.25. The summed E-state index contributed by atoms with van der Waals surface area (Å²) in [6, 6.07) is 9.83. The summed E-state index contributed by atoms with van der Waals surface area (Å²) in [5.41, 5.74) is 1.33. The van der Waals surface area contributed by atoms with Gasteiger partial charge in [-0.05, 0) is 52.4 Å². The van der Waals surface area contributed by atoms with Gasteiger partial charge >= 0.3 is 0 Å². The summed E-state index contributed by atoms with van der Waals surface area (Å²) in [5.74, 6) is -2.84. The summed E-state index contributed by atoms with van der Waals surface area (Å²) in [7, 11) is 0. The number of anilines is 1. The standard InChI is InChI=1S/C13H10F2INO/c14-9-5-8(6-10(15)13(9)18)7-17-12-4-2-1-3-11(12)16/h1-6,17-18H,7H2. The fraction of sp³-hybridized carbons (Fsp3) is 0.0769. The van der Waals surface area contributed by atoms with E-state index in [1.807, 2.05) is 24.3 Å². The number of aromatic hydroxyl groups is 1. The highest BCUT2D eigenvalue weighted by atomic mass is 127. The van der Waals surface area contributed by atoms with Crippen LogP contribution in [0.1, 0.15) is 5.56 Å². The molecule has 0 aliphatic heterocycles. The van der Waals surface area contributed by atoms with Crippen molar-refractivity contribution in [3.8, 4) is 5.75 Å². The lowest BCUT2D eigenvalue weighted by Crippen LogP contribution is -2.02. The molecule has 0 aliphatic rings. The van der Waals surface area contributed by atoms with Crippen molar-refractivity contribution >= 4 is 28.3 Å². The van der Waals surface area contributed by atoms with Crippen molar-refractivity contribution in [3.05, 3.63) is 57.2 Å². The number of nitrogens with one attached hydrogen (secondary N) is 1. The molecule has 0 saturated carbocycles. The Morgan fingerprint density at radius 2 is 1.72 bits per heavy atom. The SMILES string of the molecule is Oc1c(F)cc(CNc2ccccc2I)cc1F. The van der Waals surface area contributed by atoms with Gasteiger partial charge in [-0.2, -0.15) is 0 Å². The van der Waals surface area contributed by atoms with Gasteiger partial charge in [0.1, 0.15) is 0 Å². The predicted octanol–water partition coefficient (Wildman–Crippen LogP) is 3.89. The lowest BCUT2D eigenvalue weighted by atomic mass is 10.2. The molecule has 0 fully saturated rings. The average Bonchev–Trinajstić information content (AvgIpc) is 2.35. The smallest absolute Gasteiger partial charge is 0.187 e. The summed E-state index contributed by atoms with van der Waals surface area (Å²) >= 11 is 2.17. The summed E-state index contributed by atoms with van der Waals surface area (Å²) in [6.07, 6.45) is 0. The quantitative estimate of drug-likeness (QED) is 0.814. The summed E-state index contributed by atoms with van der Waals surface area (Å²) in [4.78, 5) is 0. The molecule has 0 amide bonds. The minimum atomic E-state index is -0.949. The monoisotopic (exact) mass is 361 g/mol. The van der Waals surface area contributed by atoms with Gasteiger partial charge in [-0.1, -0.05) is 12.1 Å². The third-order valence-electron chi connectivity index (χ3n) is 2.43. The predicted molar refractivity (Wildman–Crippen MR) is 74.5 cm³/mol. The van der Waals surface area contributed by atoms with Crippen molar-refractivity contribution in [2.75, 3.05) is 5.32 Å². The van der Waals surface area contributed by atoms with Crippen LogP contribution in [0.5, 0.6) is 5.75 Å². The molecule has 0 atom stereocenters. The molecular weight excluding hydrogens is 351 g/mol. The third-order valence-corrected chi connectivity index (χ3v) is 3.37. The molecule has 2 nitrogen and oxygen atoms in total. The van der Waals surface area contributed by atoms with Gasteiger partial charge in [-0.15, -0.1) is 0 Å². The fourth-order valence-electron chi connectivity index (χ4n) is 1.52. The summed E-state index contributed by atoms with van der Waals surface area (Å²) in [5, 5.41) is 12.1. The molecule has 0 saturated heterocycles. The van der Waals surface area contributed by atoms with E-state index < -0.39 is 17.4 Å². The zero-order chi connectivity index (χ0) is 13.1. The van der Waals surface area contributed by atoms with E-state index in [1.165, 1.54) is 0 Å². The molecule has 0 spiro atoms. The van der Waals surface area contributed by atoms with E-state index in [-0.39, 0.29) is 6.54 Å². The molecule has 0 radical (unpaired) electrons. The van der Waals surface area contributed by atoms with Gasteiger partial charge in [0.15, 0.2) is 17.4 Å². The van der Waals surface area contributed by atoms with Gasteiger partial charge in [0, 0.05) is 15.8 Å². The topological polar surface area (TPSA) is 32.3 Å². The Kier molecular flexibility index (Phi) is 4.00. The molecule has 2 aromatic rings. The second-order valence-corrected chi connectivity index (χ2v) is 4.90. The van der Waals surface area contributed by atoms with Crippen LogP contribution in [0.4, 0.5) is 14.5 Å². The second kappa shape index (κ2) is 5.51. The lowest BCUT2D eigenvalue weighted by molar-refractivity contribution is 0.395. The number of benzene rings is 2. The van der Waals surface area contributed by atoms with Gasteiger partial charge < -0.3 is 10.4 Å². The summed E-state index contributed by atoms with van der Waals surface area (Å²) < 4.78 is 27.3. The zero-order valence-corrected chi connectivity index (χ0v) is 11.4. The number of hydrogen-bond donors (Lipinski definition) is 2. The highest BCUT2D eigenvalue weighted by molar-refractivity contribution is 14.1. The minimum Gasteiger partial charge on any atom is -0.503 e. The maximum Gasteiger partial charge on any atom is 0.187 e. The van der Waals surface area contributed by atoms with Crippen LogP contribution in [0.15, 0.2) is 36.4 Å². The van der Waals surface area contributed by atoms with Crippen molar-refractivity contribution in [2.24, 2.45) is 0 Å². The maximum atomic E-state index is 13.1. The molecule has 0 aromatic heterocycles. The van der Waals surface area contributed by atoms with Crippen LogP contribution in [0.3, 0.4) is 0 Å². The van der Waals surface area contributed by atoms with Crippen molar-refractivity contribution in [1.82, 2.24) is 0 Å². The first-order valence-electron chi connectivity index (χ1n) is 5.23. The second-order valence-electron chi connectivity index (χ2n) is 3.74. The van der Waals surface area contributed by atoms with Gasteiger partial charge in [0.25, 0.3) is 0 Å². The van der Waals surface area contributed by atoms with E-state index in [9.17, 15) is 8.78 Å². The molecule has 0 aliphatic carbocycles. The molecule has 0 heterocycles. The Morgan fingerprint density at radius 3 is 2.33 bits per heavy atom. The van der Waals surface area contributed by atoms with Crippen LogP contribution in [0.25, 0.3) is 0 Å². The Morgan fingerprint density at radius 1 is 1.11 bits per heavy atom. The molecule has 0 unspecified atom stereocenters. The molecule has 2 rings (SSSR count). The third kappa shape index (κ3) is 2.90. The Bertz CT molecular complexity index is 552. The molecule has 2 N–H and O–H groups in total. The van der Waals surface area contributed by atoms with E-state index >= 15 is 0 Å². The van der Waals surface area contributed by atoms with Gasteiger partial charge in [-0.3, -0.25) is 0 Å². The highest BCUT2D eigenvalue weighted by Crippen LogP contribution is 2.23. The van der Waals surface area contributed by atoms with Gasteiger partial charge in [0.05, 0.1) is 0 Å². The summed E-state index contributed by atoms with van der Waals surface area (Å²) in [6.45, 7) is 0.286. The molecular formula is C13H10F2INO. The first kappa shape index (κ1) is 13.1. The lowest BCUT2D eigenvalue weighted by Gasteiger charge is -2.09. The number of phenols is 1. The molecule has 5 heteroatoms. The van der Waals surface area contributed by atoms with Crippen molar-refractivity contribution < 1.29 is 13.9 Å².